The minimum atomic E-state index is -3.51. The monoisotopic (exact) mass is 465 g/mol. The summed E-state index contributed by atoms with van der Waals surface area (Å²) in [4.78, 5) is 12.5. The molecule has 7 heteroatoms. The van der Waals surface area contributed by atoms with Gasteiger partial charge in [-0.25, -0.2) is 13.2 Å². The van der Waals surface area contributed by atoms with E-state index in [-0.39, 0.29) is 16.7 Å². The second-order valence-electron chi connectivity index (χ2n) is 8.06. The molecule has 1 aliphatic rings. The molecule has 1 aliphatic heterocycles. The summed E-state index contributed by atoms with van der Waals surface area (Å²) in [7, 11) is -3.51. The lowest BCUT2D eigenvalue weighted by atomic mass is 10.0. The van der Waals surface area contributed by atoms with Crippen LogP contribution >= 0.6 is 0 Å². The summed E-state index contributed by atoms with van der Waals surface area (Å²) in [5.74, 6) is -0.0571. The van der Waals surface area contributed by atoms with Gasteiger partial charge in [0.15, 0.2) is 9.84 Å². The molecule has 33 heavy (non-hydrogen) atoms. The number of fused-ring (bicyclic) bond motifs is 1. The normalized spacial score (nSPS) is 15.0. The molecule has 0 saturated heterocycles. The van der Waals surface area contributed by atoms with E-state index in [9.17, 15) is 13.2 Å². The molecule has 0 aliphatic carbocycles. The molecule has 0 aromatic heterocycles. The Bertz CT molecular complexity index is 1150. The fourth-order valence-electron chi connectivity index (χ4n) is 3.84. The maximum absolute atomic E-state index is 13.0. The van der Waals surface area contributed by atoms with Crippen LogP contribution in [0.25, 0.3) is 0 Å². The average Bonchev–Trinajstić information content (AvgIpc) is 3.02. The van der Waals surface area contributed by atoms with Crippen LogP contribution in [0.3, 0.4) is 0 Å². The van der Waals surface area contributed by atoms with Gasteiger partial charge in [-0.05, 0) is 79.4 Å². The number of anilines is 1. The van der Waals surface area contributed by atoms with E-state index in [0.29, 0.717) is 5.69 Å². The molecule has 0 spiro atoms. The smallest absolute Gasteiger partial charge is 0.319 e. The number of benzene rings is 2. The fourth-order valence-corrected chi connectivity index (χ4v) is 5.17. The lowest BCUT2D eigenvalue weighted by Crippen LogP contribution is -2.36. The summed E-state index contributed by atoms with van der Waals surface area (Å²) in [6.07, 6.45) is 6.94. The molecule has 174 valence electrons. The van der Waals surface area contributed by atoms with E-state index in [0.717, 1.165) is 37.1 Å². The third-order valence-electron chi connectivity index (χ3n) is 5.63. The standard InChI is InChI=1S/C26H31N3O3S/c1-4-6-21(5-2)19(3)28-26(30)29-24-9-11-25(12-10-24)33(31,32)18-20-7-8-22-13-15-27-16-14-23(22)17-20/h4-12,17,19,27H,1-2,13-16,18H2,3H3,(H2,28,29,30)/b21-6+/t19-/m0/s1. The van der Waals surface area contributed by atoms with E-state index in [4.69, 9.17) is 0 Å². The molecule has 0 unspecified atom stereocenters. The lowest BCUT2D eigenvalue weighted by Gasteiger charge is -2.16. The van der Waals surface area contributed by atoms with Gasteiger partial charge in [0.2, 0.25) is 0 Å². The maximum Gasteiger partial charge on any atom is 0.319 e. The zero-order chi connectivity index (χ0) is 23.8. The van der Waals surface area contributed by atoms with Crippen LogP contribution < -0.4 is 16.0 Å². The lowest BCUT2D eigenvalue weighted by molar-refractivity contribution is 0.250. The Morgan fingerprint density at radius 3 is 2.45 bits per heavy atom. The predicted molar refractivity (Wildman–Crippen MR) is 134 cm³/mol. The molecule has 0 saturated carbocycles. The van der Waals surface area contributed by atoms with Crippen LogP contribution in [0.5, 0.6) is 0 Å². The highest BCUT2D eigenvalue weighted by Crippen LogP contribution is 2.22. The molecule has 1 atom stereocenters. The van der Waals surface area contributed by atoms with Crippen LogP contribution in [-0.2, 0) is 28.4 Å². The second kappa shape index (κ2) is 11.1. The van der Waals surface area contributed by atoms with Crippen LogP contribution in [-0.4, -0.2) is 33.6 Å². The Morgan fingerprint density at radius 1 is 1.09 bits per heavy atom. The summed E-state index contributed by atoms with van der Waals surface area (Å²) in [6, 6.07) is 11.5. The highest BCUT2D eigenvalue weighted by atomic mass is 32.2. The Hall–Kier alpha value is -3.16. The third kappa shape index (κ3) is 6.66. The van der Waals surface area contributed by atoms with Crippen molar-refractivity contribution in [1.82, 2.24) is 10.6 Å². The number of allylic oxidation sites excluding steroid dienone is 2. The van der Waals surface area contributed by atoms with E-state index in [2.05, 4.69) is 29.1 Å². The Morgan fingerprint density at radius 2 is 1.79 bits per heavy atom. The number of rotatable bonds is 8. The number of sulfone groups is 1. The fraction of sp³-hybridized carbons (Fsp3) is 0.269. The van der Waals surface area contributed by atoms with E-state index in [1.165, 1.54) is 23.3 Å². The van der Waals surface area contributed by atoms with Crippen molar-refractivity contribution in [2.24, 2.45) is 0 Å². The molecule has 1 heterocycles. The molecule has 2 aromatic carbocycles. The van der Waals surface area contributed by atoms with Crippen molar-refractivity contribution in [2.75, 3.05) is 18.4 Å². The van der Waals surface area contributed by atoms with Crippen molar-refractivity contribution in [3.63, 3.8) is 0 Å². The van der Waals surface area contributed by atoms with Crippen LogP contribution in [0, 0.1) is 0 Å². The van der Waals surface area contributed by atoms with E-state index in [1.54, 1.807) is 30.4 Å². The molecule has 2 aromatic rings. The van der Waals surface area contributed by atoms with Gasteiger partial charge in [-0.2, -0.15) is 0 Å². The second-order valence-corrected chi connectivity index (χ2v) is 10.1. The van der Waals surface area contributed by atoms with E-state index >= 15 is 0 Å². The average molecular weight is 466 g/mol. The quantitative estimate of drug-likeness (QED) is 0.511. The van der Waals surface area contributed by atoms with Crippen molar-refractivity contribution in [1.29, 1.82) is 0 Å². The van der Waals surface area contributed by atoms with Gasteiger partial charge < -0.3 is 16.0 Å². The Labute approximate surface area is 196 Å². The summed E-state index contributed by atoms with van der Waals surface area (Å²) in [5.41, 5.74) is 4.62. The van der Waals surface area contributed by atoms with Gasteiger partial charge in [-0.3, -0.25) is 0 Å². The summed E-state index contributed by atoms with van der Waals surface area (Å²) in [6.45, 7) is 11.1. The van der Waals surface area contributed by atoms with Crippen molar-refractivity contribution >= 4 is 21.6 Å². The largest absolute Gasteiger partial charge is 0.331 e. The van der Waals surface area contributed by atoms with E-state index < -0.39 is 15.9 Å². The van der Waals surface area contributed by atoms with Crippen LogP contribution in [0.1, 0.15) is 23.6 Å². The van der Waals surface area contributed by atoms with Crippen molar-refractivity contribution < 1.29 is 13.2 Å². The zero-order valence-electron chi connectivity index (χ0n) is 18.9. The number of hydrogen-bond donors (Lipinski definition) is 3. The van der Waals surface area contributed by atoms with Crippen LogP contribution in [0.15, 0.2) is 84.3 Å². The van der Waals surface area contributed by atoms with Gasteiger partial charge in [0.25, 0.3) is 0 Å². The van der Waals surface area contributed by atoms with Crippen molar-refractivity contribution in [3.05, 3.63) is 96.1 Å². The molecule has 0 radical (unpaired) electrons. The highest BCUT2D eigenvalue weighted by molar-refractivity contribution is 7.90. The number of amides is 2. The Kier molecular flexibility index (Phi) is 8.25. The van der Waals surface area contributed by atoms with Gasteiger partial charge in [0, 0.05) is 5.69 Å². The van der Waals surface area contributed by atoms with Crippen molar-refractivity contribution in [3.8, 4) is 0 Å². The number of nitrogens with one attached hydrogen (secondary N) is 3. The number of carbonyl (C=O) groups is 1. The first-order chi connectivity index (χ1) is 15.8. The summed E-state index contributed by atoms with van der Waals surface area (Å²) >= 11 is 0. The van der Waals surface area contributed by atoms with Crippen LogP contribution in [0.4, 0.5) is 10.5 Å². The summed E-state index contributed by atoms with van der Waals surface area (Å²) < 4.78 is 25.9. The number of urea groups is 1. The number of hydrogen-bond acceptors (Lipinski definition) is 4. The first-order valence-electron chi connectivity index (χ1n) is 11.0. The van der Waals surface area contributed by atoms with Gasteiger partial charge in [0.05, 0.1) is 16.7 Å². The zero-order valence-corrected chi connectivity index (χ0v) is 19.8. The molecule has 3 rings (SSSR count). The number of carbonyl (C=O) groups excluding carboxylic acids is 1. The Balaban J connectivity index is 1.64. The van der Waals surface area contributed by atoms with E-state index in [1.807, 2.05) is 25.1 Å². The van der Waals surface area contributed by atoms with Gasteiger partial charge in [-0.15, -0.1) is 0 Å². The van der Waals surface area contributed by atoms with Crippen LogP contribution in [0.2, 0.25) is 0 Å². The molecule has 3 N–H and O–H groups in total. The summed E-state index contributed by atoms with van der Waals surface area (Å²) in [5, 5.41) is 8.90. The third-order valence-corrected chi connectivity index (χ3v) is 7.34. The maximum atomic E-state index is 13.0. The molecule has 6 nitrogen and oxygen atoms in total. The molecule has 0 bridgehead atoms. The first kappa shape index (κ1) is 24.5. The SMILES string of the molecule is C=C/C=C(\C=C)[C@H](C)NC(=O)Nc1ccc(S(=O)(=O)Cc2ccc3c(c2)CCNCC3)cc1. The van der Waals surface area contributed by atoms with Gasteiger partial charge in [0.1, 0.15) is 0 Å². The molecule has 2 amide bonds. The minimum Gasteiger partial charge on any atom is -0.331 e. The predicted octanol–water partition coefficient (Wildman–Crippen LogP) is 4.16. The molecular formula is C26H31N3O3S. The first-order valence-corrected chi connectivity index (χ1v) is 12.6. The van der Waals surface area contributed by atoms with Gasteiger partial charge in [-0.1, -0.05) is 49.6 Å². The van der Waals surface area contributed by atoms with Crippen molar-refractivity contribution in [2.45, 2.75) is 36.5 Å². The highest BCUT2D eigenvalue weighted by Gasteiger charge is 2.17. The van der Waals surface area contributed by atoms with Gasteiger partial charge >= 0.3 is 6.03 Å². The molecule has 0 fully saturated rings. The topological polar surface area (TPSA) is 87.3 Å². The molecular weight excluding hydrogens is 434 g/mol. The minimum absolute atomic E-state index is 0.0571.